The van der Waals surface area contributed by atoms with Gasteiger partial charge in [0.1, 0.15) is 12.5 Å². The van der Waals surface area contributed by atoms with E-state index in [0.717, 1.165) is 6.07 Å². The Hall–Kier alpha value is -0.880. The van der Waals surface area contributed by atoms with Crippen molar-refractivity contribution in [1.29, 1.82) is 0 Å². The lowest BCUT2D eigenvalue weighted by Crippen LogP contribution is -2.20. The summed E-state index contributed by atoms with van der Waals surface area (Å²) in [6.45, 7) is -1.31. The van der Waals surface area contributed by atoms with Crippen molar-refractivity contribution in [3.8, 4) is 0 Å². The quantitative estimate of drug-likeness (QED) is 0.809. The lowest BCUT2D eigenvalue weighted by atomic mass is 10.0. The second kappa shape index (κ2) is 4.55. The van der Waals surface area contributed by atoms with Crippen LogP contribution in [-0.2, 0) is 6.18 Å². The first kappa shape index (κ1) is 13.2. The summed E-state index contributed by atoms with van der Waals surface area (Å²) in [5.41, 5.74) is 2.84. The Kier molecular flexibility index (Phi) is 3.75. The van der Waals surface area contributed by atoms with E-state index in [1.54, 1.807) is 0 Å². The van der Waals surface area contributed by atoms with Crippen LogP contribution >= 0.6 is 11.6 Å². The number of hydrogen-bond acceptors (Lipinski definition) is 1. The van der Waals surface area contributed by atoms with Gasteiger partial charge in [-0.2, -0.15) is 13.2 Å². The minimum atomic E-state index is -4.80. The van der Waals surface area contributed by atoms with Gasteiger partial charge < -0.3 is 5.73 Å². The van der Waals surface area contributed by atoms with Gasteiger partial charge in [0.25, 0.3) is 0 Å². The van der Waals surface area contributed by atoms with Crippen LogP contribution in [0.3, 0.4) is 0 Å². The highest BCUT2D eigenvalue weighted by atomic mass is 35.5. The summed E-state index contributed by atoms with van der Waals surface area (Å²) in [5, 5.41) is -0.521. The molecule has 0 saturated heterocycles. The first-order valence-corrected chi connectivity index (χ1v) is 4.53. The van der Waals surface area contributed by atoms with Crippen molar-refractivity contribution in [2.45, 2.75) is 12.2 Å². The second-order valence-corrected chi connectivity index (χ2v) is 3.49. The average molecular weight is 260 g/mol. The van der Waals surface area contributed by atoms with E-state index in [4.69, 9.17) is 17.3 Å². The predicted molar refractivity (Wildman–Crippen MR) is 49.3 cm³/mol. The fraction of sp³-hybridized carbons (Fsp3) is 0.333. The first-order chi connectivity index (χ1) is 7.29. The van der Waals surface area contributed by atoms with E-state index in [-0.39, 0.29) is 0 Å². The summed E-state index contributed by atoms with van der Waals surface area (Å²) in [5.74, 6) is -1.33. The fourth-order valence-electron chi connectivity index (χ4n) is 1.25. The fourth-order valence-corrected chi connectivity index (χ4v) is 1.42. The molecule has 0 bridgehead atoms. The topological polar surface area (TPSA) is 26.0 Å². The van der Waals surface area contributed by atoms with Crippen molar-refractivity contribution < 1.29 is 22.0 Å². The zero-order chi connectivity index (χ0) is 12.5. The van der Waals surface area contributed by atoms with E-state index in [9.17, 15) is 22.0 Å². The maximum atomic E-state index is 13.4. The molecule has 16 heavy (non-hydrogen) atoms. The number of halogens is 6. The zero-order valence-corrected chi connectivity index (χ0v) is 8.54. The molecule has 0 heterocycles. The highest BCUT2D eigenvalue weighted by molar-refractivity contribution is 6.30. The number of benzene rings is 1. The lowest BCUT2D eigenvalue weighted by molar-refractivity contribution is -0.138. The maximum Gasteiger partial charge on any atom is 0.416 e. The number of rotatable bonds is 2. The Labute approximate surface area is 93.0 Å². The van der Waals surface area contributed by atoms with E-state index >= 15 is 0 Å². The summed E-state index contributed by atoms with van der Waals surface area (Å²) in [7, 11) is 0. The molecule has 90 valence electrons. The molecule has 1 aromatic rings. The molecular formula is C9H7ClF5N. The van der Waals surface area contributed by atoms with Crippen molar-refractivity contribution >= 4 is 11.6 Å². The zero-order valence-electron chi connectivity index (χ0n) is 7.78. The Morgan fingerprint density at radius 1 is 1.31 bits per heavy atom. The Morgan fingerprint density at radius 3 is 2.31 bits per heavy atom. The van der Waals surface area contributed by atoms with E-state index in [0.29, 0.717) is 6.07 Å². The third kappa shape index (κ3) is 2.44. The number of hydrogen-bond donors (Lipinski definition) is 1. The Bertz CT molecular complexity index is 390. The molecule has 0 amide bonds. The van der Waals surface area contributed by atoms with Gasteiger partial charge in [0, 0.05) is 5.56 Å². The van der Waals surface area contributed by atoms with Gasteiger partial charge in [-0.1, -0.05) is 11.6 Å². The van der Waals surface area contributed by atoms with Gasteiger partial charge >= 0.3 is 6.18 Å². The van der Waals surface area contributed by atoms with Crippen LogP contribution in [-0.4, -0.2) is 6.67 Å². The van der Waals surface area contributed by atoms with Crippen LogP contribution in [0.2, 0.25) is 5.02 Å². The molecule has 0 unspecified atom stereocenters. The van der Waals surface area contributed by atoms with E-state index < -0.39 is 40.9 Å². The van der Waals surface area contributed by atoms with Gasteiger partial charge in [0.15, 0.2) is 0 Å². The largest absolute Gasteiger partial charge is 0.416 e. The highest BCUT2D eigenvalue weighted by Crippen LogP contribution is 2.37. The summed E-state index contributed by atoms with van der Waals surface area (Å²) in [6.07, 6.45) is -4.80. The molecule has 0 spiro atoms. The molecule has 0 fully saturated rings. The van der Waals surface area contributed by atoms with Crippen LogP contribution in [0, 0.1) is 5.82 Å². The molecule has 1 nitrogen and oxygen atoms in total. The second-order valence-electron chi connectivity index (χ2n) is 3.08. The molecule has 0 aliphatic rings. The molecule has 1 atom stereocenters. The number of nitrogens with two attached hydrogens (primary N) is 1. The lowest BCUT2D eigenvalue weighted by Gasteiger charge is -2.17. The summed E-state index contributed by atoms with van der Waals surface area (Å²) < 4.78 is 63.0. The third-order valence-corrected chi connectivity index (χ3v) is 2.27. The third-order valence-electron chi connectivity index (χ3n) is 1.98. The van der Waals surface area contributed by atoms with Crippen LogP contribution in [0.25, 0.3) is 0 Å². The minimum absolute atomic E-state index is 0.521. The highest BCUT2D eigenvalue weighted by Gasteiger charge is 2.36. The molecule has 2 N–H and O–H groups in total. The Morgan fingerprint density at radius 2 is 1.88 bits per heavy atom. The van der Waals surface area contributed by atoms with Gasteiger partial charge in [-0.3, -0.25) is 0 Å². The summed E-state index contributed by atoms with van der Waals surface area (Å²) in [6, 6.07) is -0.347. The van der Waals surface area contributed by atoms with Gasteiger partial charge in [0.05, 0.1) is 16.6 Å². The van der Waals surface area contributed by atoms with Gasteiger partial charge in [-0.05, 0) is 12.1 Å². The van der Waals surface area contributed by atoms with E-state index in [1.807, 2.05) is 0 Å². The summed E-state index contributed by atoms with van der Waals surface area (Å²) >= 11 is 5.32. The van der Waals surface area contributed by atoms with Crippen molar-refractivity contribution in [2.75, 3.05) is 6.67 Å². The van der Waals surface area contributed by atoms with E-state index in [2.05, 4.69) is 0 Å². The predicted octanol–water partition coefficient (Wildman–Crippen LogP) is 3.47. The van der Waals surface area contributed by atoms with Crippen molar-refractivity contribution in [3.05, 3.63) is 34.1 Å². The minimum Gasteiger partial charge on any atom is -0.322 e. The van der Waals surface area contributed by atoms with Gasteiger partial charge in [0.2, 0.25) is 0 Å². The maximum absolute atomic E-state index is 13.4. The van der Waals surface area contributed by atoms with Crippen LogP contribution in [0.4, 0.5) is 22.0 Å². The van der Waals surface area contributed by atoms with Crippen LogP contribution < -0.4 is 5.73 Å². The standard InChI is InChI=1S/C9H7ClF5N/c10-5-2-1-4(9(13,14)15)7(8(5)12)6(16)3-11/h1-2,6H,3,16H2/t6-/m0/s1. The normalized spacial score (nSPS) is 13.9. The molecule has 0 saturated carbocycles. The summed E-state index contributed by atoms with van der Waals surface area (Å²) in [4.78, 5) is 0. The molecule has 0 aliphatic carbocycles. The van der Waals surface area contributed by atoms with Crippen LogP contribution in [0.15, 0.2) is 12.1 Å². The molecular weight excluding hydrogens is 253 g/mol. The molecule has 0 aromatic heterocycles. The molecule has 0 aliphatic heterocycles. The monoisotopic (exact) mass is 259 g/mol. The number of alkyl halides is 4. The molecule has 1 rings (SSSR count). The molecule has 1 aromatic carbocycles. The van der Waals surface area contributed by atoms with Crippen molar-refractivity contribution in [1.82, 2.24) is 0 Å². The first-order valence-electron chi connectivity index (χ1n) is 4.15. The SMILES string of the molecule is N[C@@H](CF)c1c(C(F)(F)F)ccc(Cl)c1F. The van der Waals surface area contributed by atoms with Crippen LogP contribution in [0.5, 0.6) is 0 Å². The smallest absolute Gasteiger partial charge is 0.322 e. The average Bonchev–Trinajstić information content (AvgIpc) is 2.19. The van der Waals surface area contributed by atoms with Crippen molar-refractivity contribution in [2.24, 2.45) is 5.73 Å². The molecule has 0 radical (unpaired) electrons. The Balaban J connectivity index is 3.45. The molecule has 7 heteroatoms. The van der Waals surface area contributed by atoms with Crippen molar-refractivity contribution in [3.63, 3.8) is 0 Å². The van der Waals surface area contributed by atoms with Gasteiger partial charge in [-0.25, -0.2) is 8.78 Å². The van der Waals surface area contributed by atoms with Crippen LogP contribution in [0.1, 0.15) is 17.2 Å². The van der Waals surface area contributed by atoms with Gasteiger partial charge in [-0.15, -0.1) is 0 Å². The van der Waals surface area contributed by atoms with E-state index in [1.165, 1.54) is 0 Å².